The third kappa shape index (κ3) is 4.15. The molecule has 0 bridgehead atoms. The Bertz CT molecular complexity index is 774. The molecule has 6 nitrogen and oxygen atoms in total. The molecule has 2 aromatic rings. The van der Waals surface area contributed by atoms with E-state index in [-0.39, 0.29) is 17.9 Å². The summed E-state index contributed by atoms with van der Waals surface area (Å²) in [5.41, 5.74) is 2.06. The minimum absolute atomic E-state index is 0.0367. The summed E-state index contributed by atoms with van der Waals surface area (Å²) in [6.45, 7) is 5.79. The number of imidazole rings is 1. The van der Waals surface area contributed by atoms with Gasteiger partial charge >= 0.3 is 0 Å². The average molecular weight is 360 g/mol. The van der Waals surface area contributed by atoms with Crippen LogP contribution in [0.4, 0.5) is 0 Å². The number of aromatic nitrogens is 2. The number of aryl methyl sites for hydroxylation is 1. The molecule has 2 heterocycles. The van der Waals surface area contributed by atoms with Gasteiger partial charge in [0.15, 0.2) is 5.16 Å². The van der Waals surface area contributed by atoms with E-state index in [9.17, 15) is 9.59 Å². The highest BCUT2D eigenvalue weighted by Gasteiger charge is 2.24. The van der Waals surface area contributed by atoms with Crippen LogP contribution in [0.3, 0.4) is 0 Å². The summed E-state index contributed by atoms with van der Waals surface area (Å²) in [5, 5.41) is 3.80. The number of benzene rings is 1. The van der Waals surface area contributed by atoms with Crippen LogP contribution in [0.2, 0.25) is 0 Å². The number of carbonyl (C=O) groups excluding carboxylic acids is 2. The van der Waals surface area contributed by atoms with Crippen LogP contribution in [0.5, 0.6) is 0 Å². The SMILES string of the molecule is CCn1c(SCC(=O)N2CCCC(NC(C)=O)C2)nc2ccccc21. The lowest BCUT2D eigenvalue weighted by molar-refractivity contribution is -0.130. The third-order valence-electron chi connectivity index (χ3n) is 4.44. The summed E-state index contributed by atoms with van der Waals surface area (Å²) in [5.74, 6) is 0.441. The Morgan fingerprint density at radius 2 is 2.16 bits per heavy atom. The van der Waals surface area contributed by atoms with Crippen LogP contribution in [0, 0.1) is 0 Å². The van der Waals surface area contributed by atoms with Gasteiger partial charge in [-0.15, -0.1) is 0 Å². The van der Waals surface area contributed by atoms with Crippen molar-refractivity contribution in [3.63, 3.8) is 0 Å². The number of fused-ring (bicyclic) bond motifs is 1. The highest BCUT2D eigenvalue weighted by molar-refractivity contribution is 7.99. The van der Waals surface area contributed by atoms with Crippen molar-refractivity contribution in [2.24, 2.45) is 0 Å². The number of hydrogen-bond donors (Lipinski definition) is 1. The first-order chi connectivity index (χ1) is 12.1. The zero-order valence-electron chi connectivity index (χ0n) is 14.7. The number of thioether (sulfide) groups is 1. The van der Waals surface area contributed by atoms with E-state index in [2.05, 4.69) is 27.9 Å². The van der Waals surface area contributed by atoms with Gasteiger partial charge < -0.3 is 14.8 Å². The van der Waals surface area contributed by atoms with Gasteiger partial charge in [-0.2, -0.15) is 0 Å². The van der Waals surface area contributed by atoms with E-state index in [0.717, 1.165) is 42.1 Å². The summed E-state index contributed by atoms with van der Waals surface area (Å²) in [4.78, 5) is 30.3. The lowest BCUT2D eigenvalue weighted by Gasteiger charge is -2.33. The molecule has 1 unspecified atom stereocenters. The Balaban J connectivity index is 1.63. The molecule has 25 heavy (non-hydrogen) atoms. The molecule has 1 aromatic carbocycles. The number of para-hydroxylation sites is 2. The van der Waals surface area contributed by atoms with E-state index in [0.29, 0.717) is 12.3 Å². The molecular formula is C18H24N4O2S. The van der Waals surface area contributed by atoms with Gasteiger partial charge in [-0.1, -0.05) is 23.9 Å². The smallest absolute Gasteiger partial charge is 0.233 e. The number of rotatable bonds is 5. The van der Waals surface area contributed by atoms with Gasteiger partial charge in [0.25, 0.3) is 0 Å². The topological polar surface area (TPSA) is 67.2 Å². The molecule has 0 saturated carbocycles. The molecule has 7 heteroatoms. The normalized spacial score (nSPS) is 17.7. The van der Waals surface area contributed by atoms with Gasteiger partial charge in [0.1, 0.15) is 0 Å². The van der Waals surface area contributed by atoms with Gasteiger partial charge in [-0.3, -0.25) is 9.59 Å². The van der Waals surface area contributed by atoms with Crippen LogP contribution in [0.25, 0.3) is 11.0 Å². The Labute approximate surface area is 152 Å². The van der Waals surface area contributed by atoms with Crippen molar-refractivity contribution in [1.82, 2.24) is 19.8 Å². The summed E-state index contributed by atoms with van der Waals surface area (Å²) in [7, 11) is 0. The second-order valence-corrected chi connectivity index (χ2v) is 7.24. The van der Waals surface area contributed by atoms with Crippen LogP contribution in [-0.2, 0) is 16.1 Å². The predicted molar refractivity (Wildman–Crippen MR) is 99.5 cm³/mol. The zero-order chi connectivity index (χ0) is 17.8. The van der Waals surface area contributed by atoms with Gasteiger partial charge in [0.2, 0.25) is 11.8 Å². The lowest BCUT2D eigenvalue weighted by Crippen LogP contribution is -2.49. The molecule has 1 saturated heterocycles. The molecule has 0 aliphatic carbocycles. The molecular weight excluding hydrogens is 336 g/mol. The summed E-state index contributed by atoms with van der Waals surface area (Å²) in [6.07, 6.45) is 1.86. The minimum Gasteiger partial charge on any atom is -0.352 e. The van der Waals surface area contributed by atoms with E-state index < -0.39 is 0 Å². The Morgan fingerprint density at radius 3 is 2.92 bits per heavy atom. The summed E-state index contributed by atoms with van der Waals surface area (Å²) < 4.78 is 2.14. The van der Waals surface area contributed by atoms with Crippen LogP contribution < -0.4 is 5.32 Å². The number of hydrogen-bond acceptors (Lipinski definition) is 4. The third-order valence-corrected chi connectivity index (χ3v) is 5.40. The predicted octanol–water partition coefficient (Wildman–Crippen LogP) is 2.28. The first kappa shape index (κ1) is 17.8. The second-order valence-electron chi connectivity index (χ2n) is 6.30. The van der Waals surface area contributed by atoms with Crippen molar-refractivity contribution >= 4 is 34.6 Å². The highest BCUT2D eigenvalue weighted by Crippen LogP contribution is 2.24. The lowest BCUT2D eigenvalue weighted by atomic mass is 10.1. The first-order valence-electron chi connectivity index (χ1n) is 8.71. The van der Waals surface area contributed by atoms with Crippen LogP contribution in [0.15, 0.2) is 29.4 Å². The van der Waals surface area contributed by atoms with E-state index in [4.69, 9.17) is 0 Å². The highest BCUT2D eigenvalue weighted by atomic mass is 32.2. The molecule has 0 spiro atoms. The minimum atomic E-state index is -0.0367. The zero-order valence-corrected chi connectivity index (χ0v) is 15.5. The quantitative estimate of drug-likeness (QED) is 0.831. The standard InChI is InChI=1S/C18H24N4O2S/c1-3-22-16-9-5-4-8-15(16)20-18(22)25-12-17(24)21-10-6-7-14(11-21)19-13(2)23/h4-5,8-9,14H,3,6-7,10-12H2,1-2H3,(H,19,23). The summed E-state index contributed by atoms with van der Waals surface area (Å²) in [6, 6.07) is 8.10. The van der Waals surface area contributed by atoms with Gasteiger partial charge in [0.05, 0.1) is 16.8 Å². The van der Waals surface area contributed by atoms with Crippen molar-refractivity contribution in [1.29, 1.82) is 0 Å². The molecule has 1 atom stereocenters. The van der Waals surface area contributed by atoms with Gasteiger partial charge in [0, 0.05) is 32.6 Å². The number of nitrogens with zero attached hydrogens (tertiary/aromatic N) is 3. The molecule has 1 N–H and O–H groups in total. The number of piperidine rings is 1. The van der Waals surface area contributed by atoms with Crippen LogP contribution in [0.1, 0.15) is 26.7 Å². The molecule has 1 aliphatic rings. The molecule has 1 fully saturated rings. The molecule has 2 amide bonds. The van der Waals surface area contributed by atoms with E-state index in [1.54, 1.807) is 0 Å². The number of carbonyl (C=O) groups is 2. The maximum atomic E-state index is 12.6. The first-order valence-corrected chi connectivity index (χ1v) is 9.70. The van der Waals surface area contributed by atoms with Crippen molar-refractivity contribution in [3.05, 3.63) is 24.3 Å². The number of likely N-dealkylation sites (tertiary alicyclic amines) is 1. The largest absolute Gasteiger partial charge is 0.352 e. The van der Waals surface area contributed by atoms with Gasteiger partial charge in [-0.05, 0) is 31.9 Å². The van der Waals surface area contributed by atoms with Crippen molar-refractivity contribution < 1.29 is 9.59 Å². The fraction of sp³-hybridized carbons (Fsp3) is 0.500. The van der Waals surface area contributed by atoms with Crippen molar-refractivity contribution in [2.75, 3.05) is 18.8 Å². The van der Waals surface area contributed by atoms with Crippen LogP contribution in [-0.4, -0.2) is 51.1 Å². The monoisotopic (exact) mass is 360 g/mol. The Hall–Kier alpha value is -2.02. The van der Waals surface area contributed by atoms with Crippen molar-refractivity contribution in [2.45, 2.75) is 44.4 Å². The second kappa shape index (κ2) is 7.91. The Kier molecular flexibility index (Phi) is 5.63. The maximum Gasteiger partial charge on any atom is 0.233 e. The van der Waals surface area contributed by atoms with E-state index >= 15 is 0 Å². The molecule has 0 radical (unpaired) electrons. The van der Waals surface area contributed by atoms with E-state index in [1.807, 2.05) is 23.1 Å². The fourth-order valence-corrected chi connectivity index (χ4v) is 4.28. The number of nitrogens with one attached hydrogen (secondary N) is 1. The Morgan fingerprint density at radius 1 is 1.36 bits per heavy atom. The maximum absolute atomic E-state index is 12.6. The average Bonchev–Trinajstić information content (AvgIpc) is 2.96. The molecule has 3 rings (SSSR count). The molecule has 1 aromatic heterocycles. The molecule has 1 aliphatic heterocycles. The number of amides is 2. The molecule has 134 valence electrons. The van der Waals surface area contributed by atoms with Crippen LogP contribution >= 0.6 is 11.8 Å². The fourth-order valence-electron chi connectivity index (χ4n) is 3.30. The van der Waals surface area contributed by atoms with Crippen molar-refractivity contribution in [3.8, 4) is 0 Å². The summed E-state index contributed by atoms with van der Waals surface area (Å²) >= 11 is 1.49. The van der Waals surface area contributed by atoms with Gasteiger partial charge in [-0.25, -0.2) is 4.98 Å². The van der Waals surface area contributed by atoms with E-state index in [1.165, 1.54) is 18.7 Å².